The van der Waals surface area contributed by atoms with Crippen molar-refractivity contribution in [1.29, 1.82) is 0 Å². The number of hydrogen-bond donors (Lipinski definition) is 2. The Hall–Kier alpha value is -1.57. The van der Waals surface area contributed by atoms with E-state index in [1.165, 1.54) is 5.56 Å². The Morgan fingerprint density at radius 1 is 1.23 bits per heavy atom. The summed E-state index contributed by atoms with van der Waals surface area (Å²) in [5.41, 5.74) is 2.45. The van der Waals surface area contributed by atoms with Crippen LogP contribution in [0.2, 0.25) is 0 Å². The van der Waals surface area contributed by atoms with Crippen LogP contribution in [0.15, 0.2) is 47.6 Å². The van der Waals surface area contributed by atoms with Crippen molar-refractivity contribution in [2.24, 2.45) is 12.0 Å². The minimum atomic E-state index is 0. The van der Waals surface area contributed by atoms with Crippen LogP contribution >= 0.6 is 24.0 Å². The van der Waals surface area contributed by atoms with Crippen LogP contribution in [0.3, 0.4) is 0 Å². The highest BCUT2D eigenvalue weighted by molar-refractivity contribution is 14.0. The van der Waals surface area contributed by atoms with Gasteiger partial charge in [-0.15, -0.1) is 24.0 Å². The van der Waals surface area contributed by atoms with Crippen LogP contribution in [0.4, 0.5) is 0 Å². The van der Waals surface area contributed by atoms with Gasteiger partial charge in [-0.1, -0.05) is 37.3 Å². The third-order valence-electron chi connectivity index (χ3n) is 3.53. The lowest BCUT2D eigenvalue weighted by Crippen LogP contribution is -2.38. The lowest BCUT2D eigenvalue weighted by molar-refractivity contribution is 0.669. The fourth-order valence-corrected chi connectivity index (χ4v) is 2.12. The molecule has 1 unspecified atom stereocenters. The molecule has 1 atom stereocenters. The maximum Gasteiger partial charge on any atom is 0.191 e. The van der Waals surface area contributed by atoms with Gasteiger partial charge in [0.25, 0.3) is 0 Å². The highest BCUT2D eigenvalue weighted by atomic mass is 127. The van der Waals surface area contributed by atoms with Crippen molar-refractivity contribution in [2.45, 2.75) is 19.4 Å². The summed E-state index contributed by atoms with van der Waals surface area (Å²) >= 11 is 0. The Balaban J connectivity index is 0.00000242. The molecular formula is C16H24IN5. The summed E-state index contributed by atoms with van der Waals surface area (Å²) in [6.45, 7) is 3.75. The van der Waals surface area contributed by atoms with Gasteiger partial charge in [0.1, 0.15) is 0 Å². The third-order valence-corrected chi connectivity index (χ3v) is 3.53. The van der Waals surface area contributed by atoms with E-state index in [-0.39, 0.29) is 24.0 Å². The van der Waals surface area contributed by atoms with Crippen LogP contribution in [0, 0.1) is 0 Å². The zero-order valence-electron chi connectivity index (χ0n) is 13.3. The summed E-state index contributed by atoms with van der Waals surface area (Å²) in [4.78, 5) is 4.25. The number of aromatic nitrogens is 2. The normalized spacial score (nSPS) is 12.4. The predicted octanol–water partition coefficient (Wildman–Crippen LogP) is 2.51. The number of aliphatic imine (C=N–C) groups is 1. The molecular weight excluding hydrogens is 389 g/mol. The van der Waals surface area contributed by atoms with Gasteiger partial charge in [0.05, 0.1) is 12.2 Å². The molecule has 1 aromatic carbocycles. The third kappa shape index (κ3) is 5.32. The number of nitrogens with one attached hydrogen (secondary N) is 2. The Bertz CT molecular complexity index is 579. The summed E-state index contributed by atoms with van der Waals surface area (Å²) in [5, 5.41) is 10.8. The lowest BCUT2D eigenvalue weighted by Gasteiger charge is -2.16. The SMILES string of the molecule is CN=C(NCc1ccnn1C)NCC(C)c1ccccc1.I. The monoisotopic (exact) mass is 413 g/mol. The molecule has 2 N–H and O–H groups in total. The second-order valence-corrected chi connectivity index (χ2v) is 5.06. The van der Waals surface area contributed by atoms with Crippen molar-refractivity contribution in [3.05, 3.63) is 53.9 Å². The van der Waals surface area contributed by atoms with E-state index in [9.17, 15) is 0 Å². The zero-order chi connectivity index (χ0) is 15.1. The number of guanidine groups is 1. The maximum absolute atomic E-state index is 4.25. The van der Waals surface area contributed by atoms with E-state index in [2.05, 4.69) is 51.9 Å². The zero-order valence-corrected chi connectivity index (χ0v) is 15.6. The molecule has 5 nitrogen and oxygen atoms in total. The van der Waals surface area contributed by atoms with E-state index in [4.69, 9.17) is 0 Å². The summed E-state index contributed by atoms with van der Waals surface area (Å²) in [5.74, 6) is 1.24. The molecule has 0 fully saturated rings. The fraction of sp³-hybridized carbons (Fsp3) is 0.375. The first-order chi connectivity index (χ1) is 10.2. The molecule has 0 saturated heterocycles. The van der Waals surface area contributed by atoms with E-state index in [0.717, 1.165) is 18.2 Å². The number of hydrogen-bond acceptors (Lipinski definition) is 2. The van der Waals surface area contributed by atoms with E-state index in [1.807, 2.05) is 23.9 Å². The summed E-state index contributed by atoms with van der Waals surface area (Å²) < 4.78 is 1.85. The van der Waals surface area contributed by atoms with Gasteiger partial charge in [-0.25, -0.2) is 0 Å². The van der Waals surface area contributed by atoms with E-state index in [0.29, 0.717) is 12.5 Å². The molecule has 0 amide bonds. The Morgan fingerprint density at radius 3 is 2.55 bits per heavy atom. The standard InChI is InChI=1S/C16H23N5.HI/c1-13(14-7-5-4-6-8-14)11-18-16(17-2)19-12-15-9-10-20-21(15)3;/h4-10,13H,11-12H2,1-3H3,(H2,17,18,19);1H. The number of rotatable bonds is 5. The predicted molar refractivity (Wildman–Crippen MR) is 102 cm³/mol. The summed E-state index contributed by atoms with van der Waals surface area (Å²) in [6, 6.07) is 12.5. The molecule has 2 rings (SSSR count). The van der Waals surface area contributed by atoms with Crippen LogP contribution in [-0.4, -0.2) is 29.3 Å². The minimum absolute atomic E-state index is 0. The van der Waals surface area contributed by atoms with Gasteiger partial charge in [0.2, 0.25) is 0 Å². The number of benzene rings is 1. The molecule has 0 aliphatic carbocycles. The molecule has 22 heavy (non-hydrogen) atoms. The number of aryl methyl sites for hydroxylation is 1. The van der Waals surface area contributed by atoms with Crippen molar-refractivity contribution >= 4 is 29.9 Å². The van der Waals surface area contributed by atoms with Crippen LogP contribution < -0.4 is 10.6 Å². The molecule has 0 saturated carbocycles. The first-order valence-corrected chi connectivity index (χ1v) is 7.17. The highest BCUT2D eigenvalue weighted by Crippen LogP contribution is 2.12. The average molecular weight is 413 g/mol. The van der Waals surface area contributed by atoms with Crippen molar-refractivity contribution in [1.82, 2.24) is 20.4 Å². The van der Waals surface area contributed by atoms with Crippen LogP contribution in [0.5, 0.6) is 0 Å². The minimum Gasteiger partial charge on any atom is -0.356 e. The van der Waals surface area contributed by atoms with Gasteiger partial charge in [-0.3, -0.25) is 9.67 Å². The maximum atomic E-state index is 4.25. The second kappa shape index (κ2) is 9.45. The summed E-state index contributed by atoms with van der Waals surface area (Å²) in [6.07, 6.45) is 1.80. The van der Waals surface area contributed by atoms with Gasteiger partial charge in [-0.05, 0) is 17.5 Å². The average Bonchev–Trinajstić information content (AvgIpc) is 2.93. The van der Waals surface area contributed by atoms with Gasteiger partial charge < -0.3 is 10.6 Å². The molecule has 0 bridgehead atoms. The quantitative estimate of drug-likeness (QED) is 0.450. The number of nitrogens with zero attached hydrogens (tertiary/aromatic N) is 3. The van der Waals surface area contributed by atoms with Gasteiger partial charge in [-0.2, -0.15) is 5.10 Å². The van der Waals surface area contributed by atoms with Crippen LogP contribution in [0.25, 0.3) is 0 Å². The summed E-state index contributed by atoms with van der Waals surface area (Å²) in [7, 11) is 3.72. The van der Waals surface area contributed by atoms with Crippen molar-refractivity contribution in [2.75, 3.05) is 13.6 Å². The fourth-order valence-electron chi connectivity index (χ4n) is 2.12. The first kappa shape index (κ1) is 18.5. The Morgan fingerprint density at radius 2 is 1.95 bits per heavy atom. The second-order valence-electron chi connectivity index (χ2n) is 5.06. The molecule has 0 radical (unpaired) electrons. The lowest BCUT2D eigenvalue weighted by atomic mass is 10.0. The molecule has 1 heterocycles. The Kier molecular flexibility index (Phi) is 7.94. The van der Waals surface area contributed by atoms with E-state index >= 15 is 0 Å². The molecule has 0 aliphatic heterocycles. The largest absolute Gasteiger partial charge is 0.356 e. The molecule has 0 spiro atoms. The van der Waals surface area contributed by atoms with Crippen LogP contribution in [-0.2, 0) is 13.6 Å². The molecule has 120 valence electrons. The molecule has 2 aromatic rings. The molecule has 0 aliphatic rings. The van der Waals surface area contributed by atoms with Crippen molar-refractivity contribution in [3.63, 3.8) is 0 Å². The van der Waals surface area contributed by atoms with E-state index < -0.39 is 0 Å². The first-order valence-electron chi connectivity index (χ1n) is 7.17. The van der Waals surface area contributed by atoms with Gasteiger partial charge in [0, 0.05) is 26.8 Å². The Labute approximate surface area is 149 Å². The smallest absolute Gasteiger partial charge is 0.191 e. The van der Waals surface area contributed by atoms with Crippen LogP contribution in [0.1, 0.15) is 24.1 Å². The van der Waals surface area contributed by atoms with Crippen molar-refractivity contribution in [3.8, 4) is 0 Å². The highest BCUT2D eigenvalue weighted by Gasteiger charge is 2.06. The number of halogens is 1. The van der Waals surface area contributed by atoms with E-state index in [1.54, 1.807) is 13.2 Å². The topological polar surface area (TPSA) is 54.2 Å². The van der Waals surface area contributed by atoms with Gasteiger partial charge >= 0.3 is 0 Å². The van der Waals surface area contributed by atoms with Gasteiger partial charge in [0.15, 0.2) is 5.96 Å². The molecule has 6 heteroatoms. The molecule has 1 aromatic heterocycles. The van der Waals surface area contributed by atoms with Crippen molar-refractivity contribution < 1.29 is 0 Å².